The maximum absolute atomic E-state index is 12.6. The number of rotatable bonds is 6. The Kier molecular flexibility index (Phi) is 6.95. The highest BCUT2D eigenvalue weighted by atomic mass is 127. The van der Waals surface area contributed by atoms with Gasteiger partial charge < -0.3 is 14.6 Å². The third-order valence-electron chi connectivity index (χ3n) is 4.64. The number of aryl methyl sites for hydroxylation is 1. The van der Waals surface area contributed by atoms with Crippen molar-refractivity contribution in [1.29, 1.82) is 5.26 Å². The van der Waals surface area contributed by atoms with E-state index in [-0.39, 0.29) is 5.57 Å². The van der Waals surface area contributed by atoms with Gasteiger partial charge in [0.25, 0.3) is 5.91 Å². The number of aromatic nitrogens is 1. The average Bonchev–Trinajstić information content (AvgIpc) is 3.01. The van der Waals surface area contributed by atoms with Crippen LogP contribution in [0, 0.1) is 28.7 Å². The third kappa shape index (κ3) is 4.92. The molecule has 0 unspecified atom stereocenters. The number of hydrogen-bond acceptors (Lipinski definition) is 3. The Hall–Kier alpha value is -3.05. The number of amides is 1. The molecule has 0 saturated heterocycles. The molecular formula is C24H22IN3O2. The molecule has 1 aromatic heterocycles. The molecule has 1 heterocycles. The van der Waals surface area contributed by atoms with Crippen LogP contribution in [0.15, 0.2) is 60.2 Å². The van der Waals surface area contributed by atoms with Crippen LogP contribution in [-0.2, 0) is 4.79 Å². The van der Waals surface area contributed by atoms with Crippen molar-refractivity contribution in [3.8, 4) is 17.5 Å². The summed E-state index contributed by atoms with van der Waals surface area (Å²) in [4.78, 5) is 12.6. The van der Waals surface area contributed by atoms with Gasteiger partial charge >= 0.3 is 0 Å². The molecular weight excluding hydrogens is 489 g/mol. The summed E-state index contributed by atoms with van der Waals surface area (Å²) < 4.78 is 8.68. The van der Waals surface area contributed by atoms with Crippen molar-refractivity contribution in [2.24, 2.45) is 0 Å². The van der Waals surface area contributed by atoms with Crippen LogP contribution in [0.4, 0.5) is 5.69 Å². The van der Waals surface area contributed by atoms with Gasteiger partial charge in [0.15, 0.2) is 0 Å². The van der Waals surface area contributed by atoms with E-state index in [0.29, 0.717) is 12.3 Å². The highest BCUT2D eigenvalue weighted by molar-refractivity contribution is 14.1. The Morgan fingerprint density at radius 1 is 1.17 bits per heavy atom. The SMILES string of the molecule is CCOc1ccc(NC(=O)/C(C#N)=C/c2cc(C)n(-c3ccc(I)cc3)c2C)cc1. The van der Waals surface area contributed by atoms with Gasteiger partial charge in [0.1, 0.15) is 17.4 Å². The zero-order valence-corrected chi connectivity index (χ0v) is 19.2. The minimum atomic E-state index is -0.444. The number of nitrogens with zero attached hydrogens (tertiary/aromatic N) is 2. The van der Waals surface area contributed by atoms with Gasteiger partial charge in [0, 0.05) is 26.3 Å². The summed E-state index contributed by atoms with van der Waals surface area (Å²) in [6.45, 7) is 6.48. The van der Waals surface area contributed by atoms with E-state index in [1.165, 1.54) is 0 Å². The van der Waals surface area contributed by atoms with Crippen molar-refractivity contribution in [3.63, 3.8) is 0 Å². The van der Waals surface area contributed by atoms with Crippen LogP contribution in [0.3, 0.4) is 0 Å². The predicted molar refractivity (Wildman–Crippen MR) is 128 cm³/mol. The lowest BCUT2D eigenvalue weighted by Crippen LogP contribution is -2.13. The quantitative estimate of drug-likeness (QED) is 0.265. The second kappa shape index (κ2) is 9.63. The summed E-state index contributed by atoms with van der Waals surface area (Å²) in [5, 5.41) is 12.3. The molecule has 3 rings (SSSR count). The van der Waals surface area contributed by atoms with E-state index in [1.807, 2.05) is 32.9 Å². The molecule has 0 spiro atoms. The number of benzene rings is 2. The summed E-state index contributed by atoms with van der Waals surface area (Å²) in [7, 11) is 0. The lowest BCUT2D eigenvalue weighted by atomic mass is 10.1. The summed E-state index contributed by atoms with van der Waals surface area (Å²) >= 11 is 2.28. The topological polar surface area (TPSA) is 67.0 Å². The molecule has 1 amide bonds. The second-order valence-corrected chi connectivity index (χ2v) is 7.97. The minimum absolute atomic E-state index is 0.0479. The van der Waals surface area contributed by atoms with Crippen LogP contribution in [0.2, 0.25) is 0 Å². The summed E-state index contributed by atoms with van der Waals surface area (Å²) in [6.07, 6.45) is 1.63. The number of carbonyl (C=O) groups excluding carboxylic acids is 1. The van der Waals surface area contributed by atoms with Gasteiger partial charge in [-0.05, 0) is 110 Å². The van der Waals surface area contributed by atoms with Crippen molar-refractivity contribution in [1.82, 2.24) is 4.57 Å². The standard InChI is InChI=1S/C24H22IN3O2/c1-4-30-23-11-7-21(8-12-23)27-24(29)19(15-26)14-18-13-16(2)28(17(18)3)22-9-5-20(25)6-10-22/h5-14H,4H2,1-3H3,(H,27,29)/b19-14+. The van der Waals surface area contributed by atoms with E-state index < -0.39 is 5.91 Å². The molecule has 3 aromatic rings. The zero-order valence-electron chi connectivity index (χ0n) is 17.1. The Bertz CT molecular complexity index is 1120. The fourth-order valence-corrected chi connectivity index (χ4v) is 3.58. The number of halogens is 1. The van der Waals surface area contributed by atoms with E-state index in [2.05, 4.69) is 56.7 Å². The highest BCUT2D eigenvalue weighted by Crippen LogP contribution is 2.24. The van der Waals surface area contributed by atoms with Crippen molar-refractivity contribution in [2.75, 3.05) is 11.9 Å². The van der Waals surface area contributed by atoms with Gasteiger partial charge in [-0.15, -0.1) is 0 Å². The fraction of sp³-hybridized carbons (Fsp3) is 0.167. The first-order valence-electron chi connectivity index (χ1n) is 9.53. The van der Waals surface area contributed by atoms with Crippen LogP contribution in [-0.4, -0.2) is 17.1 Å². The van der Waals surface area contributed by atoms with Crippen LogP contribution < -0.4 is 10.1 Å². The first-order valence-corrected chi connectivity index (χ1v) is 10.6. The minimum Gasteiger partial charge on any atom is -0.494 e. The molecule has 0 bridgehead atoms. The van der Waals surface area contributed by atoms with Gasteiger partial charge in [-0.2, -0.15) is 5.26 Å². The Morgan fingerprint density at radius 3 is 2.43 bits per heavy atom. The van der Waals surface area contributed by atoms with Crippen LogP contribution in [0.5, 0.6) is 5.75 Å². The molecule has 0 aliphatic carbocycles. The van der Waals surface area contributed by atoms with Gasteiger partial charge in [-0.3, -0.25) is 4.79 Å². The molecule has 0 radical (unpaired) electrons. The van der Waals surface area contributed by atoms with E-state index in [0.717, 1.165) is 32.0 Å². The monoisotopic (exact) mass is 511 g/mol. The molecule has 0 atom stereocenters. The normalized spacial score (nSPS) is 11.1. The van der Waals surface area contributed by atoms with E-state index in [1.54, 1.807) is 30.3 Å². The Morgan fingerprint density at radius 2 is 1.83 bits per heavy atom. The highest BCUT2D eigenvalue weighted by Gasteiger charge is 2.14. The number of hydrogen-bond donors (Lipinski definition) is 1. The molecule has 2 aromatic carbocycles. The molecule has 5 nitrogen and oxygen atoms in total. The smallest absolute Gasteiger partial charge is 0.266 e. The summed E-state index contributed by atoms with van der Waals surface area (Å²) in [6, 6.07) is 19.3. The number of anilines is 1. The Labute approximate surface area is 190 Å². The second-order valence-electron chi connectivity index (χ2n) is 6.72. The largest absolute Gasteiger partial charge is 0.494 e. The number of nitrogens with one attached hydrogen (secondary N) is 1. The lowest BCUT2D eigenvalue weighted by Gasteiger charge is -2.10. The first kappa shape index (κ1) is 21.7. The zero-order chi connectivity index (χ0) is 21.7. The lowest BCUT2D eigenvalue weighted by molar-refractivity contribution is -0.112. The number of ether oxygens (including phenoxy) is 1. The maximum Gasteiger partial charge on any atom is 0.266 e. The molecule has 152 valence electrons. The van der Waals surface area contributed by atoms with Crippen LogP contribution >= 0.6 is 22.6 Å². The van der Waals surface area contributed by atoms with E-state index in [4.69, 9.17) is 4.74 Å². The van der Waals surface area contributed by atoms with Crippen molar-refractivity contribution in [2.45, 2.75) is 20.8 Å². The molecule has 30 heavy (non-hydrogen) atoms. The first-order chi connectivity index (χ1) is 14.4. The van der Waals surface area contributed by atoms with Crippen LogP contribution in [0.25, 0.3) is 11.8 Å². The van der Waals surface area contributed by atoms with Gasteiger partial charge in [0.05, 0.1) is 6.61 Å². The molecule has 0 aliphatic heterocycles. The predicted octanol–water partition coefficient (Wildman–Crippen LogP) is 5.64. The van der Waals surface area contributed by atoms with Crippen molar-refractivity contribution in [3.05, 3.63) is 80.7 Å². The maximum atomic E-state index is 12.6. The van der Waals surface area contributed by atoms with Crippen LogP contribution in [0.1, 0.15) is 23.9 Å². The van der Waals surface area contributed by atoms with E-state index >= 15 is 0 Å². The fourth-order valence-electron chi connectivity index (χ4n) is 3.22. The molecule has 0 aliphatic rings. The van der Waals surface area contributed by atoms with Gasteiger partial charge in [-0.25, -0.2) is 0 Å². The number of nitriles is 1. The summed E-state index contributed by atoms with van der Waals surface area (Å²) in [5.74, 6) is 0.287. The molecule has 0 saturated carbocycles. The number of carbonyl (C=O) groups is 1. The average molecular weight is 511 g/mol. The molecule has 6 heteroatoms. The Balaban J connectivity index is 1.85. The van der Waals surface area contributed by atoms with Gasteiger partial charge in [0.2, 0.25) is 0 Å². The van der Waals surface area contributed by atoms with Gasteiger partial charge in [-0.1, -0.05) is 0 Å². The van der Waals surface area contributed by atoms with Crippen molar-refractivity contribution < 1.29 is 9.53 Å². The summed E-state index contributed by atoms with van der Waals surface area (Å²) in [5.41, 5.74) is 4.53. The third-order valence-corrected chi connectivity index (χ3v) is 5.36. The molecule has 1 N–H and O–H groups in total. The van der Waals surface area contributed by atoms with E-state index in [9.17, 15) is 10.1 Å². The molecule has 0 fully saturated rings. The van der Waals surface area contributed by atoms with Crippen molar-refractivity contribution >= 4 is 40.3 Å².